The van der Waals surface area contributed by atoms with Crippen molar-refractivity contribution in [2.75, 3.05) is 0 Å². The Labute approximate surface area is 31.1 Å². The van der Waals surface area contributed by atoms with E-state index in [4.69, 9.17) is 0 Å². The molecule has 0 aromatic heterocycles. The molecule has 0 atom stereocenters. The molecular weight excluding hydrogens is 70.1 g/mol. The van der Waals surface area contributed by atoms with E-state index in [2.05, 4.69) is 0 Å². The smallest absolute Gasteiger partial charge is 0.0149 e. The summed E-state index contributed by atoms with van der Waals surface area (Å²) in [4.78, 5) is 0. The number of hydrogen-bond acceptors (Lipinski definition) is 1. The molecule has 0 aliphatic rings. The molecule has 32 valence electrons. The van der Waals surface area contributed by atoms with Crippen LogP contribution in [0.25, 0.3) is 0 Å². The van der Waals surface area contributed by atoms with Gasteiger partial charge in [0.05, 0.1) is 0 Å². The van der Waals surface area contributed by atoms with Gasteiger partial charge in [0.25, 0.3) is 0 Å². The van der Waals surface area contributed by atoms with Crippen LogP contribution in [0.1, 0.15) is 7.43 Å². The molecule has 0 aromatic carbocycles. The highest BCUT2D eigenvalue weighted by atomic mass is 28.1. The molecular formula is CH13NOSi. The lowest BCUT2D eigenvalue weighted by Gasteiger charge is -0.412. The molecule has 0 aromatic rings. The van der Waals surface area contributed by atoms with Gasteiger partial charge in [0.15, 0.2) is 0 Å². The summed E-state index contributed by atoms with van der Waals surface area (Å²) in [5.74, 6) is 0. The molecule has 2 nitrogen and oxygen atoms in total. The van der Waals surface area contributed by atoms with Crippen molar-refractivity contribution < 1.29 is 5.48 Å². The Morgan fingerprint density at radius 3 is 1.00 bits per heavy atom. The van der Waals surface area contributed by atoms with E-state index in [1.165, 1.54) is 0 Å². The summed E-state index contributed by atoms with van der Waals surface area (Å²) in [6.45, 7) is 0. The van der Waals surface area contributed by atoms with Crippen molar-refractivity contribution in [3.8, 4) is 0 Å². The molecule has 3 heteroatoms. The van der Waals surface area contributed by atoms with Crippen molar-refractivity contribution in [3.05, 3.63) is 0 Å². The predicted octanol–water partition coefficient (Wildman–Crippen LogP) is -1.48. The minimum absolute atomic E-state index is 0. The molecule has 0 rings (SSSR count). The van der Waals surface area contributed by atoms with Gasteiger partial charge in [-0.25, -0.2) is 0 Å². The Morgan fingerprint density at radius 1 is 1.00 bits per heavy atom. The van der Waals surface area contributed by atoms with Crippen LogP contribution in [0.3, 0.4) is 0 Å². The first-order chi connectivity index (χ1) is 0. The summed E-state index contributed by atoms with van der Waals surface area (Å²) >= 11 is 0. The van der Waals surface area contributed by atoms with Gasteiger partial charge in [-0.05, 0) is 11.0 Å². The molecule has 0 aliphatic heterocycles. The van der Waals surface area contributed by atoms with E-state index in [0.717, 1.165) is 0 Å². The van der Waals surface area contributed by atoms with Crippen LogP contribution in [0.5, 0.6) is 0 Å². The van der Waals surface area contributed by atoms with Gasteiger partial charge in [-0.1, -0.05) is 7.43 Å². The van der Waals surface area contributed by atoms with Crippen molar-refractivity contribution in [2.45, 2.75) is 7.43 Å². The number of hydrogen-bond donors (Lipinski definition) is 1. The second kappa shape index (κ2) is 764. The molecule has 0 spiro atoms. The molecule has 0 amide bonds. The van der Waals surface area contributed by atoms with E-state index in [1.54, 1.807) is 0 Å². The predicted molar refractivity (Wildman–Crippen MR) is 26.7 cm³/mol. The summed E-state index contributed by atoms with van der Waals surface area (Å²) in [6, 6.07) is 0. The Kier molecular flexibility index (Phi) is 415000. The van der Waals surface area contributed by atoms with Gasteiger partial charge in [0, 0.05) is 0 Å². The average Bonchev–Trinajstić information content (AvgIpc) is 0. The van der Waals surface area contributed by atoms with Crippen LogP contribution >= 0.6 is 0 Å². The summed E-state index contributed by atoms with van der Waals surface area (Å²) in [7, 11) is 0. The highest BCUT2D eigenvalue weighted by molar-refractivity contribution is 5.75. The normalized spacial score (nSPS) is 0. The van der Waals surface area contributed by atoms with Crippen molar-refractivity contribution >= 4 is 11.0 Å². The third kappa shape index (κ3) is 147. The lowest BCUT2D eigenvalue weighted by atomic mass is 12.0. The van der Waals surface area contributed by atoms with Crippen molar-refractivity contribution in [1.29, 1.82) is 0 Å². The Bertz CT molecular complexity index is 8.00. The molecule has 0 heterocycles. The van der Waals surface area contributed by atoms with Crippen LogP contribution in [0.15, 0.2) is 0 Å². The molecule has 0 bridgehead atoms. The Balaban J connectivity index is 0. The molecule has 0 radical (unpaired) electrons. The third-order valence-electron chi connectivity index (χ3n) is 0. The topological polar surface area (TPSA) is 66.5 Å². The standard InChI is InChI=1S/CH4.H3N.H2O.H4Si/h1H4;1H3;1H2;1H4. The molecule has 0 unspecified atom stereocenters. The van der Waals surface area contributed by atoms with Crippen LogP contribution in [-0.4, -0.2) is 16.4 Å². The van der Waals surface area contributed by atoms with E-state index in [-0.39, 0.29) is 30.0 Å². The SMILES string of the molecule is C.N.O.[SiH4]. The van der Waals surface area contributed by atoms with Crippen LogP contribution in [0.2, 0.25) is 0 Å². The van der Waals surface area contributed by atoms with E-state index < -0.39 is 0 Å². The van der Waals surface area contributed by atoms with Gasteiger partial charge in [-0.3, -0.25) is 0 Å². The summed E-state index contributed by atoms with van der Waals surface area (Å²) in [6.07, 6.45) is 0. The lowest BCUT2D eigenvalue weighted by Crippen LogP contribution is -0.481. The second-order valence-corrected chi connectivity index (χ2v) is 0. The zero-order valence-corrected chi connectivity index (χ0v) is 1.21. The van der Waals surface area contributed by atoms with Gasteiger partial charge in [-0.2, -0.15) is 0 Å². The summed E-state index contributed by atoms with van der Waals surface area (Å²) in [5.41, 5.74) is 0. The van der Waals surface area contributed by atoms with Crippen molar-refractivity contribution in [2.24, 2.45) is 0 Å². The third-order valence-corrected chi connectivity index (χ3v) is 0. The van der Waals surface area contributed by atoms with Crippen molar-refractivity contribution in [1.82, 2.24) is 6.15 Å². The van der Waals surface area contributed by atoms with Gasteiger partial charge in [-0.15, -0.1) is 0 Å². The number of rotatable bonds is 0. The summed E-state index contributed by atoms with van der Waals surface area (Å²) in [5, 5.41) is 0. The molecule has 4 heavy (non-hydrogen) atoms. The maximum absolute atomic E-state index is 0. The largest absolute Gasteiger partial charge is 0.412 e. The van der Waals surface area contributed by atoms with Gasteiger partial charge in [0.1, 0.15) is 0 Å². The quantitative estimate of drug-likeness (QED) is 0.357. The maximum atomic E-state index is 0. The van der Waals surface area contributed by atoms with Gasteiger partial charge in [0.2, 0.25) is 0 Å². The van der Waals surface area contributed by atoms with Crippen molar-refractivity contribution in [3.63, 3.8) is 0 Å². The van der Waals surface area contributed by atoms with E-state index in [0.29, 0.717) is 0 Å². The molecule has 0 saturated carbocycles. The highest BCUT2D eigenvalue weighted by Gasteiger charge is -0.0148. The maximum Gasteiger partial charge on any atom is -0.0149 e. The van der Waals surface area contributed by atoms with Crippen LogP contribution in [-0.2, 0) is 0 Å². The average molecular weight is 83.2 g/mol. The molecule has 5 N–H and O–H groups in total. The van der Waals surface area contributed by atoms with Gasteiger partial charge < -0.3 is 11.6 Å². The fraction of sp³-hybridized carbons (Fsp3) is 1.00. The fourth-order valence-electron chi connectivity index (χ4n) is 0. The zero-order valence-electron chi connectivity index (χ0n) is 1.21. The van der Waals surface area contributed by atoms with E-state index in [1.807, 2.05) is 0 Å². The van der Waals surface area contributed by atoms with Gasteiger partial charge >= 0.3 is 0 Å². The highest BCUT2D eigenvalue weighted by Crippen LogP contribution is 0.144. The Morgan fingerprint density at radius 2 is 1.00 bits per heavy atom. The minimum Gasteiger partial charge on any atom is -0.412 e. The molecule has 0 fully saturated rings. The molecule has 0 aliphatic carbocycles. The van der Waals surface area contributed by atoms with E-state index >= 15 is 0 Å². The zero-order chi connectivity index (χ0) is 0. The van der Waals surface area contributed by atoms with E-state index in [9.17, 15) is 0 Å². The second-order valence-electron chi connectivity index (χ2n) is 0. The van der Waals surface area contributed by atoms with Crippen LogP contribution in [0, 0.1) is 0 Å². The van der Waals surface area contributed by atoms with Crippen LogP contribution in [0.4, 0.5) is 0 Å². The molecule has 0 saturated heterocycles. The first kappa shape index (κ1) is 2170. The first-order valence-corrected chi connectivity index (χ1v) is 0. The Hall–Kier alpha value is 0.137. The monoisotopic (exact) mass is 83.1 g/mol. The minimum atomic E-state index is 0. The first-order valence-electron chi connectivity index (χ1n) is 0. The summed E-state index contributed by atoms with van der Waals surface area (Å²) < 4.78 is 0. The fourth-order valence-corrected chi connectivity index (χ4v) is 0. The lowest BCUT2D eigenvalue weighted by molar-refractivity contribution is 0.824. The van der Waals surface area contributed by atoms with Crippen LogP contribution < -0.4 is 6.15 Å².